The van der Waals surface area contributed by atoms with Crippen molar-refractivity contribution in [3.05, 3.63) is 105 Å². The lowest BCUT2D eigenvalue weighted by molar-refractivity contribution is -0.119. The number of ketones is 1. The molecule has 10 heteroatoms. The topological polar surface area (TPSA) is 123 Å². The van der Waals surface area contributed by atoms with Gasteiger partial charge in [0.25, 0.3) is 5.56 Å². The van der Waals surface area contributed by atoms with Crippen LogP contribution in [-0.2, 0) is 17.6 Å². The summed E-state index contributed by atoms with van der Waals surface area (Å²) in [7, 11) is 1.41. The molecule has 0 aliphatic carbocycles. The van der Waals surface area contributed by atoms with E-state index < -0.39 is 23.7 Å². The fraction of sp³-hybridized carbons (Fsp3) is 0.226. The highest BCUT2D eigenvalue weighted by molar-refractivity contribution is 6.31. The van der Waals surface area contributed by atoms with Gasteiger partial charge in [0, 0.05) is 34.4 Å². The molecule has 0 spiro atoms. The molecule has 2 heterocycles. The van der Waals surface area contributed by atoms with Crippen molar-refractivity contribution in [2.24, 2.45) is 0 Å². The predicted molar refractivity (Wildman–Crippen MR) is 158 cm³/mol. The number of aliphatic hydroxyl groups is 1. The number of carbonyl (C=O) groups excluding carboxylic acids is 2. The van der Waals surface area contributed by atoms with E-state index in [0.29, 0.717) is 40.2 Å². The zero-order valence-corrected chi connectivity index (χ0v) is 23.3. The first-order chi connectivity index (χ1) is 19.7. The minimum atomic E-state index is -1.02. The van der Waals surface area contributed by atoms with E-state index in [1.54, 1.807) is 30.3 Å². The van der Waals surface area contributed by atoms with Crippen molar-refractivity contribution in [1.82, 2.24) is 9.78 Å². The number of methoxy groups -OCH3 is 1. The van der Waals surface area contributed by atoms with Crippen LogP contribution in [0.1, 0.15) is 40.9 Å². The molecule has 210 valence electrons. The van der Waals surface area contributed by atoms with E-state index in [-0.39, 0.29) is 18.1 Å². The van der Waals surface area contributed by atoms with Gasteiger partial charge in [-0.15, -0.1) is 5.10 Å². The molecular formula is C31H29ClN4O5. The fourth-order valence-electron chi connectivity index (χ4n) is 4.98. The Morgan fingerprint density at radius 1 is 1.12 bits per heavy atom. The minimum Gasteiger partial charge on any atom is -0.480 e. The number of amides is 1. The van der Waals surface area contributed by atoms with Crippen LogP contribution in [0, 0.1) is 0 Å². The van der Waals surface area contributed by atoms with Gasteiger partial charge in [-0.2, -0.15) is 0 Å². The SMILES string of the molecule is COc1nn([C@@H](Cc2ccccc2)C(=O)Nc2ccc3c(c2)CCC(O)N3)c(=O)cc1-c1cc(Cl)ccc1C(C)=O. The molecule has 9 nitrogen and oxygen atoms in total. The number of nitrogens with one attached hydrogen (secondary N) is 2. The van der Waals surface area contributed by atoms with Gasteiger partial charge in [0.1, 0.15) is 12.3 Å². The first-order valence-corrected chi connectivity index (χ1v) is 13.5. The van der Waals surface area contributed by atoms with Crippen molar-refractivity contribution in [3.8, 4) is 17.0 Å². The summed E-state index contributed by atoms with van der Waals surface area (Å²) in [6, 6.07) is 19.8. The number of Topliss-reactive ketones (excluding diaryl/α,β-unsaturated/α-hetero) is 1. The third-order valence-electron chi connectivity index (χ3n) is 7.02. The lowest BCUT2D eigenvalue weighted by Crippen LogP contribution is -2.36. The number of ether oxygens (including phenoxy) is 1. The third-order valence-corrected chi connectivity index (χ3v) is 7.25. The lowest BCUT2D eigenvalue weighted by Gasteiger charge is -2.24. The van der Waals surface area contributed by atoms with Crippen molar-refractivity contribution < 1.29 is 19.4 Å². The van der Waals surface area contributed by atoms with Gasteiger partial charge in [0.2, 0.25) is 11.8 Å². The van der Waals surface area contributed by atoms with Crippen molar-refractivity contribution >= 4 is 34.7 Å². The van der Waals surface area contributed by atoms with Gasteiger partial charge in [0.05, 0.1) is 12.7 Å². The zero-order chi connectivity index (χ0) is 29.1. The standard InChI is InChI=1S/C31H29ClN4O5/c1-18(37)23-11-9-21(32)16-24(23)25-17-29(39)36(35-31(25)41-2)27(14-19-6-4-3-5-7-19)30(40)33-22-10-12-26-20(15-22)8-13-28(38)34-26/h3-7,9-12,15-17,27-28,34,38H,8,13-14H2,1-2H3,(H,33,40)/t27-,28?/m0/s1. The zero-order valence-electron chi connectivity index (χ0n) is 22.6. The maximum Gasteiger partial charge on any atom is 0.268 e. The van der Waals surface area contributed by atoms with Gasteiger partial charge in [-0.3, -0.25) is 14.4 Å². The molecule has 0 radical (unpaired) electrons. The van der Waals surface area contributed by atoms with Gasteiger partial charge in [-0.05, 0) is 72.9 Å². The van der Waals surface area contributed by atoms with E-state index in [0.717, 1.165) is 21.5 Å². The minimum absolute atomic E-state index is 0.0682. The summed E-state index contributed by atoms with van der Waals surface area (Å²) in [5.41, 5.74) is 3.70. The molecule has 3 N–H and O–H groups in total. The smallest absolute Gasteiger partial charge is 0.268 e. The largest absolute Gasteiger partial charge is 0.480 e. The number of benzene rings is 3. The van der Waals surface area contributed by atoms with Crippen LogP contribution in [0.25, 0.3) is 11.1 Å². The van der Waals surface area contributed by atoms with E-state index in [2.05, 4.69) is 15.7 Å². The monoisotopic (exact) mass is 572 g/mol. The van der Waals surface area contributed by atoms with Gasteiger partial charge in [-0.25, -0.2) is 4.68 Å². The van der Waals surface area contributed by atoms with E-state index in [1.165, 1.54) is 20.1 Å². The number of carbonyl (C=O) groups is 2. The molecule has 41 heavy (non-hydrogen) atoms. The molecule has 4 aromatic rings. The highest BCUT2D eigenvalue weighted by Gasteiger charge is 2.27. The number of hydrogen-bond acceptors (Lipinski definition) is 7. The highest BCUT2D eigenvalue weighted by atomic mass is 35.5. The first-order valence-electron chi connectivity index (χ1n) is 13.1. The molecule has 0 saturated heterocycles. The average Bonchev–Trinajstić information content (AvgIpc) is 2.96. The van der Waals surface area contributed by atoms with Crippen molar-refractivity contribution in [3.63, 3.8) is 0 Å². The van der Waals surface area contributed by atoms with Gasteiger partial charge >= 0.3 is 0 Å². The summed E-state index contributed by atoms with van der Waals surface area (Å²) < 4.78 is 6.67. The number of halogens is 1. The van der Waals surface area contributed by atoms with Crippen LogP contribution in [0.5, 0.6) is 5.88 Å². The van der Waals surface area contributed by atoms with Gasteiger partial charge in [0.15, 0.2) is 5.78 Å². The van der Waals surface area contributed by atoms with Crippen molar-refractivity contribution in [2.45, 2.75) is 38.5 Å². The second-order valence-electron chi connectivity index (χ2n) is 9.86. The maximum atomic E-state index is 13.8. The quantitative estimate of drug-likeness (QED) is 0.257. The molecule has 1 unspecified atom stereocenters. The predicted octanol–water partition coefficient (Wildman–Crippen LogP) is 4.87. The fourth-order valence-corrected chi connectivity index (χ4v) is 5.15. The highest BCUT2D eigenvalue weighted by Crippen LogP contribution is 2.33. The Balaban J connectivity index is 1.55. The van der Waals surface area contributed by atoms with E-state index >= 15 is 0 Å². The number of nitrogens with zero attached hydrogens (tertiary/aromatic N) is 2. The Hall–Kier alpha value is -4.47. The molecule has 0 saturated carbocycles. The van der Waals surface area contributed by atoms with Crippen LogP contribution in [-0.4, -0.2) is 39.9 Å². The molecule has 1 aromatic heterocycles. The molecule has 0 fully saturated rings. The Morgan fingerprint density at radius 3 is 2.63 bits per heavy atom. The number of rotatable bonds is 8. The number of hydrogen-bond donors (Lipinski definition) is 3. The van der Waals surface area contributed by atoms with Crippen LogP contribution in [0.4, 0.5) is 11.4 Å². The Bertz CT molecular complexity index is 1670. The summed E-state index contributed by atoms with van der Waals surface area (Å²) in [5.74, 6) is -0.577. The Morgan fingerprint density at radius 2 is 1.90 bits per heavy atom. The molecule has 3 aromatic carbocycles. The van der Waals surface area contributed by atoms with E-state index in [1.807, 2.05) is 36.4 Å². The third kappa shape index (κ3) is 6.16. The molecule has 2 atom stereocenters. The second-order valence-corrected chi connectivity index (χ2v) is 10.3. The number of aromatic nitrogens is 2. The summed E-state index contributed by atoms with van der Waals surface area (Å²) in [5, 5.41) is 20.7. The molecule has 1 amide bonds. The molecular weight excluding hydrogens is 544 g/mol. The van der Waals surface area contributed by atoms with Crippen molar-refractivity contribution in [2.75, 3.05) is 17.7 Å². The maximum absolute atomic E-state index is 13.8. The van der Waals surface area contributed by atoms with E-state index in [9.17, 15) is 19.5 Å². The van der Waals surface area contributed by atoms with Crippen LogP contribution in [0.15, 0.2) is 77.6 Å². The molecule has 0 bridgehead atoms. The number of anilines is 2. The summed E-state index contributed by atoms with van der Waals surface area (Å²) >= 11 is 6.22. The van der Waals surface area contributed by atoms with Crippen LogP contribution >= 0.6 is 11.6 Å². The molecule has 1 aliphatic rings. The number of aliphatic hydroxyl groups excluding tert-OH is 1. The Kier molecular flexibility index (Phi) is 8.19. The average molecular weight is 573 g/mol. The Labute approximate surface area is 241 Å². The van der Waals surface area contributed by atoms with Gasteiger partial charge < -0.3 is 20.5 Å². The number of fused-ring (bicyclic) bond motifs is 1. The molecule has 5 rings (SSSR count). The van der Waals surface area contributed by atoms with Crippen LogP contribution in [0.2, 0.25) is 5.02 Å². The van der Waals surface area contributed by atoms with E-state index in [4.69, 9.17) is 16.3 Å². The lowest BCUT2D eigenvalue weighted by atomic mass is 9.98. The summed E-state index contributed by atoms with van der Waals surface area (Å²) in [6.45, 7) is 1.42. The molecule has 1 aliphatic heterocycles. The van der Waals surface area contributed by atoms with Gasteiger partial charge in [-0.1, -0.05) is 41.9 Å². The first kappa shape index (κ1) is 28.1. The van der Waals surface area contributed by atoms with Crippen LogP contribution < -0.4 is 20.9 Å². The van der Waals surface area contributed by atoms with Crippen LogP contribution in [0.3, 0.4) is 0 Å². The second kappa shape index (κ2) is 12.0. The number of aryl methyl sites for hydroxylation is 1. The summed E-state index contributed by atoms with van der Waals surface area (Å²) in [6.07, 6.45) is 0.806. The van der Waals surface area contributed by atoms with Crippen molar-refractivity contribution in [1.29, 1.82) is 0 Å². The normalized spacial score (nSPS) is 14.9. The summed E-state index contributed by atoms with van der Waals surface area (Å²) in [4.78, 5) is 39.7.